The zero-order valence-electron chi connectivity index (χ0n) is 13.7. The highest BCUT2D eigenvalue weighted by molar-refractivity contribution is 7.99. The maximum Gasteiger partial charge on any atom is 0.338 e. The number of ether oxygens (including phenoxy) is 2. The molecule has 2 aromatic rings. The second-order valence-corrected chi connectivity index (χ2v) is 7.05. The third kappa shape index (κ3) is 4.22. The third-order valence-electron chi connectivity index (χ3n) is 4.00. The van der Waals surface area contributed by atoms with Crippen LogP contribution in [0, 0.1) is 6.92 Å². The van der Waals surface area contributed by atoms with Gasteiger partial charge in [-0.1, -0.05) is 47.7 Å². The van der Waals surface area contributed by atoms with Gasteiger partial charge in [-0.15, -0.1) is 0 Å². The minimum atomic E-state index is -1.08. The van der Waals surface area contributed by atoms with E-state index >= 15 is 0 Å². The minimum absolute atomic E-state index is 0.342. The number of rotatable bonds is 5. The van der Waals surface area contributed by atoms with Crippen LogP contribution in [0.2, 0.25) is 0 Å². The van der Waals surface area contributed by atoms with Gasteiger partial charge in [-0.3, -0.25) is 0 Å². The number of hydrogen-bond acceptors (Lipinski definition) is 6. The number of aryl methyl sites for hydroxylation is 1. The van der Waals surface area contributed by atoms with Crippen molar-refractivity contribution >= 4 is 17.7 Å². The topological polar surface area (TPSA) is 76.0 Å². The van der Waals surface area contributed by atoms with Crippen LogP contribution in [0.1, 0.15) is 15.9 Å². The average molecular weight is 360 g/mol. The fourth-order valence-electron chi connectivity index (χ4n) is 2.59. The van der Waals surface area contributed by atoms with Crippen molar-refractivity contribution in [3.63, 3.8) is 0 Å². The molecule has 5 nitrogen and oxygen atoms in total. The average Bonchev–Trinajstić information content (AvgIpc) is 2.93. The van der Waals surface area contributed by atoms with Crippen molar-refractivity contribution in [1.29, 1.82) is 0 Å². The van der Waals surface area contributed by atoms with Gasteiger partial charge in [0, 0.05) is 4.90 Å². The standard InChI is InChI=1S/C19H20O5S/c1-12-7-9-14(10-8-12)25-19-17(16(21)15(11-20)23-19)24-18(22)13-5-3-2-4-6-13/h2-10,15-17,19-21H,11H2,1H3/t15-,16-,17+,19-/m1/s1. The number of aliphatic hydroxyl groups excluding tert-OH is 2. The van der Waals surface area contributed by atoms with Crippen molar-refractivity contribution in [2.24, 2.45) is 0 Å². The fourth-order valence-corrected chi connectivity index (χ4v) is 3.70. The molecule has 0 amide bonds. The first-order valence-electron chi connectivity index (χ1n) is 8.02. The summed E-state index contributed by atoms with van der Waals surface area (Å²) < 4.78 is 11.2. The molecule has 0 unspecified atom stereocenters. The number of benzene rings is 2. The van der Waals surface area contributed by atoms with Crippen LogP contribution in [0.3, 0.4) is 0 Å². The molecule has 0 saturated carbocycles. The maximum atomic E-state index is 12.3. The molecule has 132 valence electrons. The summed E-state index contributed by atoms with van der Waals surface area (Å²) in [7, 11) is 0. The van der Waals surface area contributed by atoms with Gasteiger partial charge in [0.25, 0.3) is 0 Å². The second-order valence-electron chi connectivity index (χ2n) is 5.88. The Labute approximate surface area is 150 Å². The van der Waals surface area contributed by atoms with E-state index in [0.29, 0.717) is 5.56 Å². The van der Waals surface area contributed by atoms with Crippen molar-refractivity contribution in [2.45, 2.75) is 35.6 Å². The van der Waals surface area contributed by atoms with E-state index in [0.717, 1.165) is 10.5 Å². The Kier molecular flexibility index (Phi) is 5.75. The summed E-state index contributed by atoms with van der Waals surface area (Å²) in [5.74, 6) is -0.527. The van der Waals surface area contributed by atoms with Crippen molar-refractivity contribution in [3.05, 3.63) is 65.7 Å². The van der Waals surface area contributed by atoms with Gasteiger partial charge in [0.05, 0.1) is 12.2 Å². The molecule has 1 saturated heterocycles. The SMILES string of the molecule is Cc1ccc(S[C@H]2O[C@H](CO)[C@@H](O)[C@@H]2OC(=O)c2ccccc2)cc1. The van der Waals surface area contributed by atoms with Crippen LogP contribution in [0.25, 0.3) is 0 Å². The highest BCUT2D eigenvalue weighted by Crippen LogP contribution is 2.36. The molecular weight excluding hydrogens is 340 g/mol. The van der Waals surface area contributed by atoms with E-state index < -0.39 is 29.7 Å². The Morgan fingerprint density at radius 3 is 2.48 bits per heavy atom. The molecule has 1 fully saturated rings. The molecule has 0 aliphatic carbocycles. The van der Waals surface area contributed by atoms with Gasteiger partial charge < -0.3 is 19.7 Å². The van der Waals surface area contributed by atoms with Gasteiger partial charge in [-0.25, -0.2) is 4.79 Å². The number of carbonyl (C=O) groups excluding carboxylic acids is 1. The molecule has 0 aromatic heterocycles. The normalized spacial score (nSPS) is 25.7. The Morgan fingerprint density at radius 1 is 1.16 bits per heavy atom. The van der Waals surface area contributed by atoms with Crippen molar-refractivity contribution < 1.29 is 24.5 Å². The molecule has 25 heavy (non-hydrogen) atoms. The molecule has 4 atom stereocenters. The van der Waals surface area contributed by atoms with E-state index in [2.05, 4.69) is 0 Å². The Hall–Kier alpha value is -1.86. The van der Waals surface area contributed by atoms with Gasteiger partial charge in [0.2, 0.25) is 0 Å². The van der Waals surface area contributed by atoms with Crippen LogP contribution >= 0.6 is 11.8 Å². The van der Waals surface area contributed by atoms with Crippen LogP contribution in [-0.4, -0.2) is 46.5 Å². The molecule has 6 heteroatoms. The van der Waals surface area contributed by atoms with Gasteiger partial charge in [0.1, 0.15) is 17.6 Å². The fraction of sp³-hybridized carbons (Fsp3) is 0.316. The Morgan fingerprint density at radius 2 is 1.84 bits per heavy atom. The molecule has 2 N–H and O–H groups in total. The smallest absolute Gasteiger partial charge is 0.338 e. The lowest BCUT2D eigenvalue weighted by Crippen LogP contribution is -2.37. The van der Waals surface area contributed by atoms with E-state index in [4.69, 9.17) is 9.47 Å². The number of thioether (sulfide) groups is 1. The lowest BCUT2D eigenvalue weighted by Gasteiger charge is -2.20. The first kappa shape index (κ1) is 17.9. The molecule has 0 bridgehead atoms. The maximum absolute atomic E-state index is 12.3. The summed E-state index contributed by atoms with van der Waals surface area (Å²) in [5.41, 5.74) is 0.945. The van der Waals surface area contributed by atoms with E-state index in [-0.39, 0.29) is 6.61 Å². The summed E-state index contributed by atoms with van der Waals surface area (Å²) in [6.45, 7) is 1.65. The zero-order chi connectivity index (χ0) is 17.8. The first-order chi connectivity index (χ1) is 12.1. The lowest BCUT2D eigenvalue weighted by molar-refractivity contribution is -0.0174. The highest BCUT2D eigenvalue weighted by Gasteiger charge is 2.46. The van der Waals surface area contributed by atoms with Crippen LogP contribution in [0.4, 0.5) is 0 Å². The zero-order valence-corrected chi connectivity index (χ0v) is 14.6. The lowest BCUT2D eigenvalue weighted by atomic mass is 10.1. The molecule has 2 aromatic carbocycles. The highest BCUT2D eigenvalue weighted by atomic mass is 32.2. The van der Waals surface area contributed by atoms with Crippen LogP contribution in [0.15, 0.2) is 59.5 Å². The number of carbonyl (C=O) groups is 1. The molecule has 0 spiro atoms. The summed E-state index contributed by atoms with van der Waals surface area (Å²) in [5, 5.41) is 19.8. The van der Waals surface area contributed by atoms with Gasteiger partial charge in [0.15, 0.2) is 6.10 Å². The summed E-state index contributed by atoms with van der Waals surface area (Å²) in [6, 6.07) is 16.4. The summed E-state index contributed by atoms with van der Waals surface area (Å²) in [4.78, 5) is 13.3. The predicted molar refractivity (Wildman–Crippen MR) is 94.4 cm³/mol. The Bertz CT molecular complexity index is 704. The minimum Gasteiger partial charge on any atom is -0.452 e. The van der Waals surface area contributed by atoms with E-state index in [1.807, 2.05) is 37.3 Å². The van der Waals surface area contributed by atoms with E-state index in [9.17, 15) is 15.0 Å². The molecule has 1 aliphatic rings. The molecule has 3 rings (SSSR count). The van der Waals surface area contributed by atoms with E-state index in [1.54, 1.807) is 24.3 Å². The number of aliphatic hydroxyl groups is 2. The monoisotopic (exact) mass is 360 g/mol. The molecular formula is C19H20O5S. The van der Waals surface area contributed by atoms with Crippen molar-refractivity contribution in [3.8, 4) is 0 Å². The molecule has 0 radical (unpaired) electrons. The van der Waals surface area contributed by atoms with Crippen LogP contribution < -0.4 is 0 Å². The van der Waals surface area contributed by atoms with Gasteiger partial charge in [-0.05, 0) is 31.2 Å². The summed E-state index contributed by atoms with van der Waals surface area (Å²) >= 11 is 1.36. The second kappa shape index (κ2) is 8.01. The van der Waals surface area contributed by atoms with Crippen LogP contribution in [0.5, 0.6) is 0 Å². The van der Waals surface area contributed by atoms with E-state index in [1.165, 1.54) is 11.8 Å². The van der Waals surface area contributed by atoms with Crippen molar-refractivity contribution in [2.75, 3.05) is 6.61 Å². The number of hydrogen-bond donors (Lipinski definition) is 2. The van der Waals surface area contributed by atoms with Crippen LogP contribution in [-0.2, 0) is 9.47 Å². The Balaban J connectivity index is 1.75. The summed E-state index contributed by atoms with van der Waals surface area (Å²) in [6.07, 6.45) is -2.73. The van der Waals surface area contributed by atoms with Crippen molar-refractivity contribution in [1.82, 2.24) is 0 Å². The van der Waals surface area contributed by atoms with Gasteiger partial charge in [-0.2, -0.15) is 0 Å². The molecule has 1 aliphatic heterocycles. The molecule has 1 heterocycles. The number of esters is 1. The van der Waals surface area contributed by atoms with Gasteiger partial charge >= 0.3 is 5.97 Å². The third-order valence-corrected chi connectivity index (χ3v) is 5.16. The first-order valence-corrected chi connectivity index (χ1v) is 8.90. The predicted octanol–water partition coefficient (Wildman–Crippen LogP) is 2.39. The quantitative estimate of drug-likeness (QED) is 0.798. The largest absolute Gasteiger partial charge is 0.452 e.